The average Bonchev–Trinajstić information content (AvgIpc) is 2.63. The van der Waals surface area contributed by atoms with Crippen molar-refractivity contribution in [1.82, 2.24) is 0 Å². The molecule has 4 heteroatoms. The summed E-state index contributed by atoms with van der Waals surface area (Å²) < 4.78 is 0. The number of hydrogen-bond donors (Lipinski definition) is 1. The highest BCUT2D eigenvalue weighted by Gasteiger charge is 2.65. The first kappa shape index (κ1) is 12.9. The summed E-state index contributed by atoms with van der Waals surface area (Å²) in [6, 6.07) is 5.54. The van der Waals surface area contributed by atoms with Gasteiger partial charge in [-0.3, -0.25) is 10.1 Å². The second-order valence-electron chi connectivity index (χ2n) is 6.23. The Balaban J connectivity index is 2.27. The Labute approximate surface area is 108 Å². The lowest BCUT2D eigenvalue weighted by atomic mass is 10.0. The molecule has 18 heavy (non-hydrogen) atoms. The molecule has 2 rings (SSSR count). The summed E-state index contributed by atoms with van der Waals surface area (Å²) in [6.07, 6.45) is 0. The Morgan fingerprint density at radius 3 is 2.22 bits per heavy atom. The molecule has 0 radical (unpaired) electrons. The normalized spacial score (nSPS) is 20.5. The molecule has 4 nitrogen and oxygen atoms in total. The molecule has 98 valence electrons. The van der Waals surface area contributed by atoms with Crippen molar-refractivity contribution in [1.29, 1.82) is 0 Å². The second-order valence-corrected chi connectivity index (χ2v) is 6.23. The largest absolute Gasteiger partial charge is 0.381 e. The lowest BCUT2D eigenvalue weighted by Gasteiger charge is -2.11. The van der Waals surface area contributed by atoms with E-state index in [0.717, 1.165) is 5.69 Å². The summed E-state index contributed by atoms with van der Waals surface area (Å²) in [5.41, 5.74) is 2.18. The van der Waals surface area contributed by atoms with Crippen LogP contribution in [-0.4, -0.2) is 11.0 Å². The van der Waals surface area contributed by atoms with Crippen LogP contribution >= 0.6 is 0 Å². The molecule has 0 unspecified atom stereocenters. The van der Waals surface area contributed by atoms with Gasteiger partial charge in [-0.25, -0.2) is 0 Å². The lowest BCUT2D eigenvalue weighted by Crippen LogP contribution is -2.11. The summed E-state index contributed by atoms with van der Waals surface area (Å²) in [4.78, 5) is 10.6. The van der Waals surface area contributed by atoms with E-state index in [4.69, 9.17) is 0 Å². The van der Waals surface area contributed by atoms with Crippen LogP contribution in [0.15, 0.2) is 18.2 Å². The van der Waals surface area contributed by atoms with Crippen LogP contribution < -0.4 is 5.32 Å². The zero-order valence-electron chi connectivity index (χ0n) is 11.6. The van der Waals surface area contributed by atoms with Crippen LogP contribution in [0.3, 0.4) is 0 Å². The molecule has 1 aromatic rings. The average molecular weight is 248 g/mol. The second kappa shape index (κ2) is 3.70. The molecule has 0 spiro atoms. The number of nitro benzene ring substituents is 1. The first-order valence-electron chi connectivity index (χ1n) is 6.20. The van der Waals surface area contributed by atoms with Crippen molar-refractivity contribution >= 4 is 11.4 Å². The minimum atomic E-state index is -0.330. The molecule has 1 aromatic carbocycles. The van der Waals surface area contributed by atoms with Gasteiger partial charge in [0.2, 0.25) is 0 Å². The van der Waals surface area contributed by atoms with E-state index in [-0.39, 0.29) is 21.4 Å². The summed E-state index contributed by atoms with van der Waals surface area (Å²) in [7, 11) is 0. The molecule has 1 N–H and O–H groups in total. The highest BCUT2D eigenvalue weighted by Crippen LogP contribution is 2.63. The number of nitro groups is 1. The molecule has 0 aliphatic heterocycles. The first-order valence-corrected chi connectivity index (χ1v) is 6.20. The molecule has 0 atom stereocenters. The molecule has 1 fully saturated rings. The zero-order chi connectivity index (χ0) is 13.7. The van der Waals surface area contributed by atoms with Gasteiger partial charge in [0.25, 0.3) is 5.69 Å². The number of benzene rings is 1. The maximum absolute atomic E-state index is 10.9. The molecule has 0 aromatic heterocycles. The van der Waals surface area contributed by atoms with Crippen LogP contribution in [-0.2, 0) is 0 Å². The van der Waals surface area contributed by atoms with Gasteiger partial charge >= 0.3 is 0 Å². The van der Waals surface area contributed by atoms with Crippen molar-refractivity contribution in [3.05, 3.63) is 33.9 Å². The van der Waals surface area contributed by atoms with E-state index < -0.39 is 0 Å². The fraction of sp³-hybridized carbons (Fsp3) is 0.571. The van der Waals surface area contributed by atoms with E-state index in [9.17, 15) is 10.1 Å². The third-order valence-electron chi connectivity index (χ3n) is 4.82. The highest BCUT2D eigenvalue weighted by molar-refractivity contribution is 5.61. The predicted molar refractivity (Wildman–Crippen MR) is 72.8 cm³/mol. The van der Waals surface area contributed by atoms with Crippen LogP contribution in [0.1, 0.15) is 33.3 Å². The molecule has 0 heterocycles. The number of nitrogens with one attached hydrogen (secondary N) is 1. The standard InChI is InChI=1S/C14H20N2O2/c1-9-10(7-6-8-11(9)16(17)18)15-12-13(2,3)14(12,4)5/h6-8,12,15H,1-5H3. The molecule has 0 bridgehead atoms. The monoisotopic (exact) mass is 248 g/mol. The SMILES string of the molecule is Cc1c(NC2C(C)(C)C2(C)C)cccc1[N+](=O)[O-]. The topological polar surface area (TPSA) is 55.2 Å². The fourth-order valence-electron chi connectivity index (χ4n) is 2.69. The molecule has 1 aliphatic carbocycles. The minimum absolute atomic E-state index is 0.177. The quantitative estimate of drug-likeness (QED) is 0.654. The van der Waals surface area contributed by atoms with E-state index in [2.05, 4.69) is 33.0 Å². The van der Waals surface area contributed by atoms with E-state index in [1.807, 2.05) is 6.07 Å². The Kier molecular flexibility index (Phi) is 2.65. The predicted octanol–water partition coefficient (Wildman–Crippen LogP) is 3.75. The third-order valence-corrected chi connectivity index (χ3v) is 4.82. The van der Waals surface area contributed by atoms with Crippen LogP contribution in [0.4, 0.5) is 11.4 Å². The van der Waals surface area contributed by atoms with E-state index in [0.29, 0.717) is 11.6 Å². The molecule has 1 aliphatic rings. The van der Waals surface area contributed by atoms with Crippen molar-refractivity contribution in [3.63, 3.8) is 0 Å². The van der Waals surface area contributed by atoms with Gasteiger partial charge in [0.1, 0.15) is 0 Å². The number of nitrogens with zero attached hydrogens (tertiary/aromatic N) is 1. The summed E-state index contributed by atoms with van der Waals surface area (Å²) in [6.45, 7) is 10.7. The van der Waals surface area contributed by atoms with Crippen LogP contribution in [0.2, 0.25) is 0 Å². The maximum Gasteiger partial charge on any atom is 0.274 e. The fourth-order valence-corrected chi connectivity index (χ4v) is 2.69. The molecular weight excluding hydrogens is 228 g/mol. The lowest BCUT2D eigenvalue weighted by molar-refractivity contribution is -0.385. The van der Waals surface area contributed by atoms with E-state index >= 15 is 0 Å². The smallest absolute Gasteiger partial charge is 0.274 e. The molecule has 0 amide bonds. The van der Waals surface area contributed by atoms with Gasteiger partial charge in [0.05, 0.1) is 4.92 Å². The first-order chi connectivity index (χ1) is 8.19. The summed E-state index contributed by atoms with van der Waals surface area (Å²) >= 11 is 0. The molecular formula is C14H20N2O2. The molecule has 1 saturated carbocycles. The summed E-state index contributed by atoms with van der Waals surface area (Å²) in [5, 5.41) is 14.4. The Hall–Kier alpha value is -1.58. The van der Waals surface area contributed by atoms with Gasteiger partial charge in [-0.05, 0) is 23.8 Å². The van der Waals surface area contributed by atoms with Crippen molar-refractivity contribution in [2.24, 2.45) is 10.8 Å². The van der Waals surface area contributed by atoms with E-state index in [1.165, 1.54) is 0 Å². The number of anilines is 1. The summed E-state index contributed by atoms with van der Waals surface area (Å²) in [5.74, 6) is 0. The zero-order valence-corrected chi connectivity index (χ0v) is 11.6. The Morgan fingerprint density at radius 1 is 1.22 bits per heavy atom. The van der Waals surface area contributed by atoms with Crippen molar-refractivity contribution < 1.29 is 4.92 Å². The van der Waals surface area contributed by atoms with Gasteiger partial charge in [-0.15, -0.1) is 0 Å². The van der Waals surface area contributed by atoms with Crippen molar-refractivity contribution in [2.75, 3.05) is 5.32 Å². The minimum Gasteiger partial charge on any atom is -0.381 e. The third kappa shape index (κ3) is 1.67. The maximum atomic E-state index is 10.9. The number of hydrogen-bond acceptors (Lipinski definition) is 3. The van der Waals surface area contributed by atoms with Crippen LogP contribution in [0.5, 0.6) is 0 Å². The van der Waals surface area contributed by atoms with Crippen molar-refractivity contribution in [3.8, 4) is 0 Å². The van der Waals surface area contributed by atoms with Gasteiger partial charge in [0, 0.05) is 23.4 Å². The van der Waals surface area contributed by atoms with Crippen LogP contribution in [0, 0.1) is 27.9 Å². The van der Waals surface area contributed by atoms with Gasteiger partial charge in [0.15, 0.2) is 0 Å². The Bertz CT molecular complexity index is 493. The van der Waals surface area contributed by atoms with E-state index in [1.54, 1.807) is 19.1 Å². The van der Waals surface area contributed by atoms with Crippen LogP contribution in [0.25, 0.3) is 0 Å². The van der Waals surface area contributed by atoms with Gasteiger partial charge in [-0.2, -0.15) is 0 Å². The Morgan fingerprint density at radius 2 is 1.78 bits per heavy atom. The van der Waals surface area contributed by atoms with Gasteiger partial charge < -0.3 is 5.32 Å². The number of rotatable bonds is 3. The molecule has 0 saturated heterocycles. The highest BCUT2D eigenvalue weighted by atomic mass is 16.6. The van der Waals surface area contributed by atoms with Gasteiger partial charge in [-0.1, -0.05) is 33.8 Å². The van der Waals surface area contributed by atoms with Crippen molar-refractivity contribution in [2.45, 2.75) is 40.7 Å².